The molecule has 39 heavy (non-hydrogen) atoms. The fourth-order valence-corrected chi connectivity index (χ4v) is 4.35. The first-order chi connectivity index (χ1) is 18.7. The molecule has 0 spiro atoms. The van der Waals surface area contributed by atoms with Crippen LogP contribution in [0.2, 0.25) is 0 Å². The summed E-state index contributed by atoms with van der Waals surface area (Å²) in [5.41, 5.74) is 8.50. The fourth-order valence-electron chi connectivity index (χ4n) is 4.35. The van der Waals surface area contributed by atoms with Gasteiger partial charge in [0, 0.05) is 25.2 Å². The van der Waals surface area contributed by atoms with Gasteiger partial charge >= 0.3 is 12.2 Å². The summed E-state index contributed by atoms with van der Waals surface area (Å²) in [6.45, 7) is 3.57. The van der Waals surface area contributed by atoms with Crippen LogP contribution in [-0.2, 0) is 17.5 Å². The van der Waals surface area contributed by atoms with E-state index in [0.29, 0.717) is 42.5 Å². The first-order valence-corrected chi connectivity index (χ1v) is 11.9. The molecule has 0 aliphatic carbocycles. The Kier molecular flexibility index (Phi) is 7.21. The van der Waals surface area contributed by atoms with Gasteiger partial charge in [-0.3, -0.25) is 10.2 Å². The third-order valence-corrected chi connectivity index (χ3v) is 6.19. The minimum Gasteiger partial charge on any atom is -0.495 e. The van der Waals surface area contributed by atoms with Gasteiger partial charge in [0.05, 0.1) is 31.7 Å². The van der Waals surface area contributed by atoms with Crippen molar-refractivity contribution in [2.24, 2.45) is 0 Å². The molecular weight excluding hydrogens is 517 g/mol. The van der Waals surface area contributed by atoms with Crippen LogP contribution in [0, 0.1) is 0 Å². The highest BCUT2D eigenvalue weighted by Crippen LogP contribution is 2.36. The number of nitrogen functional groups attached to an aromatic ring is 1. The molecule has 14 heteroatoms. The molecule has 1 saturated heterocycles. The highest BCUT2D eigenvalue weighted by molar-refractivity contribution is 6.00. The van der Waals surface area contributed by atoms with Gasteiger partial charge in [-0.2, -0.15) is 18.3 Å². The number of anilines is 3. The molecule has 4 N–H and O–H groups in total. The number of aromatic nitrogens is 4. The molecule has 0 bridgehead atoms. The van der Waals surface area contributed by atoms with Crippen molar-refractivity contribution in [1.29, 1.82) is 0 Å². The van der Waals surface area contributed by atoms with E-state index in [2.05, 4.69) is 30.6 Å². The van der Waals surface area contributed by atoms with E-state index in [1.165, 1.54) is 19.5 Å². The predicted molar refractivity (Wildman–Crippen MR) is 137 cm³/mol. The van der Waals surface area contributed by atoms with E-state index in [0.717, 1.165) is 42.0 Å². The Labute approximate surface area is 220 Å². The molecule has 11 nitrogen and oxygen atoms in total. The monoisotopic (exact) mass is 542 g/mol. The lowest BCUT2D eigenvalue weighted by atomic mass is 10.1. The summed E-state index contributed by atoms with van der Waals surface area (Å²) in [5.74, 6) is 0.382. The van der Waals surface area contributed by atoms with Gasteiger partial charge in [0.2, 0.25) is 0 Å². The number of alkyl halides is 3. The first-order valence-electron chi connectivity index (χ1n) is 11.9. The van der Waals surface area contributed by atoms with Gasteiger partial charge in [-0.05, 0) is 35.9 Å². The number of carbonyl (C=O) groups is 1. The maximum Gasteiger partial charge on any atom is 0.433 e. The maximum absolute atomic E-state index is 12.9. The predicted octanol–water partition coefficient (Wildman–Crippen LogP) is 3.88. The number of benzene rings is 1. The lowest BCUT2D eigenvalue weighted by molar-refractivity contribution is -0.141. The van der Waals surface area contributed by atoms with Crippen LogP contribution >= 0.6 is 0 Å². The van der Waals surface area contributed by atoms with Crippen molar-refractivity contribution in [2.75, 3.05) is 49.8 Å². The van der Waals surface area contributed by atoms with Crippen LogP contribution in [0.25, 0.3) is 16.6 Å². The van der Waals surface area contributed by atoms with Gasteiger partial charge in [-0.1, -0.05) is 12.1 Å². The Morgan fingerprint density at radius 1 is 1.15 bits per heavy atom. The second kappa shape index (κ2) is 10.7. The van der Waals surface area contributed by atoms with E-state index in [-0.39, 0.29) is 5.82 Å². The largest absolute Gasteiger partial charge is 0.495 e. The molecule has 0 atom stereocenters. The zero-order chi connectivity index (χ0) is 27.6. The number of methoxy groups -OCH3 is 1. The molecule has 4 heterocycles. The molecule has 0 radical (unpaired) electrons. The van der Waals surface area contributed by atoms with E-state index >= 15 is 0 Å². The van der Waals surface area contributed by atoms with E-state index in [4.69, 9.17) is 15.2 Å². The number of hydrogen-bond acceptors (Lipinski definition) is 8. The SMILES string of the molecule is COc1cc(-c2cc(CN3CCOCC3)n3ncnc(N)c23)ccc1NC(=O)Nc1cccc(C(F)(F)F)n1. The van der Waals surface area contributed by atoms with Gasteiger partial charge in [0.1, 0.15) is 29.1 Å². The Morgan fingerprint density at radius 2 is 1.95 bits per heavy atom. The number of nitrogens with zero attached hydrogens (tertiary/aromatic N) is 5. The second-order valence-corrected chi connectivity index (χ2v) is 8.74. The molecule has 1 fully saturated rings. The molecular formula is C25H25F3N8O3. The topological polar surface area (TPSA) is 132 Å². The van der Waals surface area contributed by atoms with Gasteiger partial charge in [-0.15, -0.1) is 0 Å². The number of hydrogen-bond donors (Lipinski definition) is 3. The average molecular weight is 543 g/mol. The van der Waals surface area contributed by atoms with Crippen molar-refractivity contribution >= 4 is 28.9 Å². The van der Waals surface area contributed by atoms with E-state index < -0.39 is 17.9 Å². The standard InChI is InChI=1S/C25H25F3N8O3/c1-38-19-11-15(5-6-18(19)32-24(37)34-21-4-2-3-20(33-21)25(26,27)28)17-12-16(13-35-7-9-39-10-8-35)36-22(17)23(29)30-14-31-36/h2-6,11-12,14H,7-10,13H2,1H3,(H2,29,30,31)(H2,32,33,34,37). The lowest BCUT2D eigenvalue weighted by Gasteiger charge is -2.26. The van der Waals surface area contributed by atoms with Crippen molar-refractivity contribution in [3.05, 3.63) is 60.2 Å². The van der Waals surface area contributed by atoms with Gasteiger partial charge < -0.3 is 20.5 Å². The van der Waals surface area contributed by atoms with Gasteiger partial charge in [-0.25, -0.2) is 19.3 Å². The number of nitrogens with one attached hydrogen (secondary N) is 2. The molecule has 2 amide bonds. The molecule has 204 valence electrons. The molecule has 5 rings (SSSR count). The number of morpholine rings is 1. The summed E-state index contributed by atoms with van der Waals surface area (Å²) < 4.78 is 51.5. The molecule has 0 unspecified atom stereocenters. The highest BCUT2D eigenvalue weighted by atomic mass is 19.4. The molecule has 1 aliphatic rings. The molecule has 4 aromatic rings. The minimum absolute atomic E-state index is 0.249. The molecule has 0 saturated carbocycles. The lowest BCUT2D eigenvalue weighted by Crippen LogP contribution is -2.36. The van der Waals surface area contributed by atoms with Crippen molar-refractivity contribution in [3.8, 4) is 16.9 Å². The van der Waals surface area contributed by atoms with Crippen LogP contribution in [0.5, 0.6) is 5.75 Å². The zero-order valence-electron chi connectivity index (χ0n) is 20.8. The van der Waals surface area contributed by atoms with Crippen LogP contribution in [0.3, 0.4) is 0 Å². The van der Waals surface area contributed by atoms with Crippen molar-refractivity contribution in [2.45, 2.75) is 12.7 Å². The summed E-state index contributed by atoms with van der Waals surface area (Å²) in [6.07, 6.45) is -3.23. The first kappa shape index (κ1) is 26.2. The van der Waals surface area contributed by atoms with E-state index in [1.54, 1.807) is 22.7 Å². The number of halogens is 3. The Balaban J connectivity index is 1.40. The normalized spacial score (nSPS) is 14.4. The van der Waals surface area contributed by atoms with Crippen LogP contribution in [0.15, 0.2) is 48.8 Å². The van der Waals surface area contributed by atoms with E-state index in [9.17, 15) is 18.0 Å². The Bertz CT molecular complexity index is 1500. The number of pyridine rings is 1. The summed E-state index contributed by atoms with van der Waals surface area (Å²) in [6, 6.07) is 9.55. The summed E-state index contributed by atoms with van der Waals surface area (Å²) in [5, 5.41) is 9.30. The molecule has 3 aromatic heterocycles. The third-order valence-electron chi connectivity index (χ3n) is 6.19. The summed E-state index contributed by atoms with van der Waals surface area (Å²) in [4.78, 5) is 22.4. The quantitative estimate of drug-likeness (QED) is 0.335. The summed E-state index contributed by atoms with van der Waals surface area (Å²) >= 11 is 0. The number of ether oxygens (including phenoxy) is 2. The smallest absolute Gasteiger partial charge is 0.433 e. The number of urea groups is 1. The van der Waals surface area contributed by atoms with E-state index in [1.807, 2.05) is 6.07 Å². The number of rotatable bonds is 6. The van der Waals surface area contributed by atoms with Crippen molar-refractivity contribution < 1.29 is 27.4 Å². The molecule has 1 aromatic carbocycles. The number of amides is 2. The number of nitrogens with two attached hydrogens (primary N) is 1. The van der Waals surface area contributed by atoms with Gasteiger partial charge in [0.15, 0.2) is 5.82 Å². The van der Waals surface area contributed by atoms with Crippen molar-refractivity contribution in [1.82, 2.24) is 24.5 Å². The van der Waals surface area contributed by atoms with Crippen LogP contribution < -0.4 is 21.1 Å². The number of carbonyl (C=O) groups excluding carboxylic acids is 1. The fraction of sp³-hybridized carbons (Fsp3) is 0.280. The summed E-state index contributed by atoms with van der Waals surface area (Å²) in [7, 11) is 1.44. The average Bonchev–Trinajstić information content (AvgIpc) is 3.28. The second-order valence-electron chi connectivity index (χ2n) is 8.74. The minimum atomic E-state index is -4.63. The molecule has 1 aliphatic heterocycles. The van der Waals surface area contributed by atoms with Gasteiger partial charge in [0.25, 0.3) is 0 Å². The van der Waals surface area contributed by atoms with Crippen molar-refractivity contribution in [3.63, 3.8) is 0 Å². The maximum atomic E-state index is 12.9. The number of fused-ring (bicyclic) bond motifs is 1. The zero-order valence-corrected chi connectivity index (χ0v) is 20.8. The third kappa shape index (κ3) is 5.71. The Morgan fingerprint density at radius 3 is 2.69 bits per heavy atom. The van der Waals surface area contributed by atoms with Crippen LogP contribution in [0.4, 0.5) is 35.3 Å². The van der Waals surface area contributed by atoms with Crippen LogP contribution in [0.1, 0.15) is 11.4 Å². The Hall–Kier alpha value is -4.43. The van der Waals surface area contributed by atoms with Crippen LogP contribution in [-0.4, -0.2) is 63.9 Å². The highest BCUT2D eigenvalue weighted by Gasteiger charge is 2.32.